The molecule has 1 aromatic carbocycles. The Morgan fingerprint density at radius 3 is 2.64 bits per heavy atom. The first-order valence-electron chi connectivity index (χ1n) is 8.08. The first-order valence-corrected chi connectivity index (χ1v) is 8.49. The molecule has 9 heteroatoms. The third-order valence-corrected chi connectivity index (χ3v) is 3.92. The van der Waals surface area contributed by atoms with Crippen LogP contribution in [0.2, 0.25) is 0 Å². The minimum atomic E-state index is -2.97. The van der Waals surface area contributed by atoms with Crippen LogP contribution in [0, 0.1) is 0 Å². The van der Waals surface area contributed by atoms with Crippen LogP contribution in [0.5, 0.6) is 11.5 Å². The van der Waals surface area contributed by atoms with Gasteiger partial charge < -0.3 is 14.8 Å². The van der Waals surface area contributed by atoms with Crippen molar-refractivity contribution in [1.29, 1.82) is 0 Å². The van der Waals surface area contributed by atoms with Crippen molar-refractivity contribution >= 4 is 23.2 Å². The number of rotatable bonds is 6. The number of hydrogen-bond donors (Lipinski definition) is 3. The molecule has 0 heterocycles. The number of hydrogen-bond acceptors (Lipinski definition) is 4. The number of carbonyl (C=O) groups is 1. The van der Waals surface area contributed by atoms with E-state index in [1.54, 1.807) is 6.92 Å². The van der Waals surface area contributed by atoms with Crippen LogP contribution in [-0.2, 0) is 0 Å². The third-order valence-electron chi connectivity index (χ3n) is 3.70. The Morgan fingerprint density at radius 2 is 2.00 bits per heavy atom. The highest BCUT2D eigenvalue weighted by Gasteiger charge is 2.17. The number of nitrogens with one attached hydrogen (secondary N) is 3. The molecule has 6 nitrogen and oxygen atoms in total. The van der Waals surface area contributed by atoms with E-state index in [2.05, 4.69) is 20.9 Å². The van der Waals surface area contributed by atoms with Crippen LogP contribution in [0.3, 0.4) is 0 Å². The summed E-state index contributed by atoms with van der Waals surface area (Å²) in [5.41, 5.74) is 5.32. The molecule has 0 saturated heterocycles. The molecule has 1 saturated carbocycles. The lowest BCUT2D eigenvalue weighted by molar-refractivity contribution is -0.0514. The third kappa shape index (κ3) is 6.00. The SMILES string of the molecule is CCOc1cc(C(=O)NNC(=S)NC2CCCC2)ccc1OC(F)F. The summed E-state index contributed by atoms with van der Waals surface area (Å²) in [6.45, 7) is -1.02. The Morgan fingerprint density at radius 1 is 1.28 bits per heavy atom. The molecule has 3 N–H and O–H groups in total. The maximum atomic E-state index is 12.4. The van der Waals surface area contributed by atoms with Gasteiger partial charge in [0.15, 0.2) is 16.6 Å². The van der Waals surface area contributed by atoms with Crippen LogP contribution >= 0.6 is 12.2 Å². The van der Waals surface area contributed by atoms with Crippen LogP contribution in [0.15, 0.2) is 18.2 Å². The Kier molecular flexibility index (Phi) is 7.17. The molecule has 0 aliphatic heterocycles. The minimum Gasteiger partial charge on any atom is -0.490 e. The van der Waals surface area contributed by atoms with E-state index < -0.39 is 12.5 Å². The molecule has 1 aromatic rings. The summed E-state index contributed by atoms with van der Waals surface area (Å²) in [7, 11) is 0. The van der Waals surface area contributed by atoms with E-state index in [4.69, 9.17) is 17.0 Å². The second-order valence-electron chi connectivity index (χ2n) is 5.51. The summed E-state index contributed by atoms with van der Waals surface area (Å²) in [6.07, 6.45) is 4.44. The Bertz CT molecular complexity index is 610. The van der Waals surface area contributed by atoms with E-state index in [1.807, 2.05) is 0 Å². The van der Waals surface area contributed by atoms with Gasteiger partial charge in [-0.05, 0) is 50.2 Å². The zero-order valence-corrected chi connectivity index (χ0v) is 14.6. The highest BCUT2D eigenvalue weighted by atomic mass is 32.1. The fourth-order valence-corrected chi connectivity index (χ4v) is 2.81. The predicted octanol–water partition coefficient (Wildman–Crippen LogP) is 2.74. The maximum Gasteiger partial charge on any atom is 0.387 e. The smallest absolute Gasteiger partial charge is 0.387 e. The van der Waals surface area contributed by atoms with Crippen LogP contribution in [-0.4, -0.2) is 30.3 Å². The molecule has 1 aliphatic rings. The van der Waals surface area contributed by atoms with E-state index in [-0.39, 0.29) is 23.7 Å². The van der Waals surface area contributed by atoms with Crippen molar-refractivity contribution in [2.45, 2.75) is 45.3 Å². The van der Waals surface area contributed by atoms with E-state index in [9.17, 15) is 13.6 Å². The van der Waals surface area contributed by atoms with Crippen molar-refractivity contribution in [3.63, 3.8) is 0 Å². The highest BCUT2D eigenvalue weighted by molar-refractivity contribution is 7.80. The van der Waals surface area contributed by atoms with E-state index >= 15 is 0 Å². The van der Waals surface area contributed by atoms with Gasteiger partial charge in [0.1, 0.15) is 0 Å². The van der Waals surface area contributed by atoms with Gasteiger partial charge in [-0.25, -0.2) is 0 Å². The quantitative estimate of drug-likeness (QED) is 0.526. The lowest BCUT2D eigenvalue weighted by atomic mass is 10.2. The molecule has 2 rings (SSSR count). The monoisotopic (exact) mass is 373 g/mol. The number of ether oxygens (including phenoxy) is 2. The summed E-state index contributed by atoms with van der Waals surface area (Å²) in [6, 6.07) is 4.30. The van der Waals surface area contributed by atoms with Gasteiger partial charge in [-0.3, -0.25) is 15.6 Å². The molecular formula is C16H21F2N3O3S. The number of alkyl halides is 2. The molecule has 25 heavy (non-hydrogen) atoms. The molecule has 138 valence electrons. The topological polar surface area (TPSA) is 71.6 Å². The number of amides is 1. The largest absolute Gasteiger partial charge is 0.490 e. The average Bonchev–Trinajstić information content (AvgIpc) is 3.07. The van der Waals surface area contributed by atoms with Crippen molar-refractivity contribution in [1.82, 2.24) is 16.2 Å². The average molecular weight is 373 g/mol. The van der Waals surface area contributed by atoms with Gasteiger partial charge in [0.05, 0.1) is 6.61 Å². The molecule has 0 radical (unpaired) electrons. The number of thiocarbonyl (C=S) groups is 1. The molecule has 0 spiro atoms. The summed E-state index contributed by atoms with van der Waals surface area (Å²) >= 11 is 5.13. The van der Waals surface area contributed by atoms with Crippen LogP contribution in [0.4, 0.5) is 8.78 Å². The fourth-order valence-electron chi connectivity index (χ4n) is 2.59. The van der Waals surface area contributed by atoms with E-state index in [1.165, 1.54) is 31.0 Å². The second kappa shape index (κ2) is 9.36. The fraction of sp³-hybridized carbons (Fsp3) is 0.500. The molecule has 0 unspecified atom stereocenters. The predicted molar refractivity (Wildman–Crippen MR) is 92.8 cm³/mol. The number of benzene rings is 1. The van der Waals surface area contributed by atoms with Gasteiger partial charge in [0.2, 0.25) is 0 Å². The molecule has 0 atom stereocenters. The maximum absolute atomic E-state index is 12.4. The van der Waals surface area contributed by atoms with Crippen LogP contribution in [0.1, 0.15) is 43.0 Å². The van der Waals surface area contributed by atoms with Crippen LogP contribution in [0.25, 0.3) is 0 Å². The van der Waals surface area contributed by atoms with E-state index in [0.717, 1.165) is 12.8 Å². The highest BCUT2D eigenvalue weighted by Crippen LogP contribution is 2.29. The molecule has 0 bridgehead atoms. The second-order valence-corrected chi connectivity index (χ2v) is 5.92. The van der Waals surface area contributed by atoms with Gasteiger partial charge in [-0.2, -0.15) is 8.78 Å². The number of hydrazine groups is 1. The van der Waals surface area contributed by atoms with Gasteiger partial charge in [0.25, 0.3) is 5.91 Å². The summed E-state index contributed by atoms with van der Waals surface area (Å²) < 4.78 is 34.4. The van der Waals surface area contributed by atoms with Crippen LogP contribution < -0.4 is 25.6 Å². The van der Waals surface area contributed by atoms with Gasteiger partial charge in [-0.15, -0.1) is 0 Å². The Hall–Kier alpha value is -2.16. The zero-order chi connectivity index (χ0) is 18.2. The minimum absolute atomic E-state index is 0.0714. The lowest BCUT2D eigenvalue weighted by Gasteiger charge is -2.16. The molecular weight excluding hydrogens is 352 g/mol. The van der Waals surface area contributed by atoms with Gasteiger partial charge in [0, 0.05) is 11.6 Å². The van der Waals surface area contributed by atoms with Crippen molar-refractivity contribution in [2.24, 2.45) is 0 Å². The lowest BCUT2D eigenvalue weighted by Crippen LogP contribution is -2.49. The van der Waals surface area contributed by atoms with Gasteiger partial charge in [-0.1, -0.05) is 12.8 Å². The standard InChI is InChI=1S/C16H21F2N3O3S/c1-2-23-13-9-10(7-8-12(13)24-15(17)18)14(22)20-21-16(25)19-11-5-3-4-6-11/h7-9,11,15H,2-6H2,1H3,(H,20,22)(H2,19,21,25). The van der Waals surface area contributed by atoms with Crippen molar-refractivity contribution in [3.05, 3.63) is 23.8 Å². The van der Waals surface area contributed by atoms with Crippen molar-refractivity contribution in [2.75, 3.05) is 6.61 Å². The van der Waals surface area contributed by atoms with Crippen molar-refractivity contribution < 1.29 is 23.0 Å². The first kappa shape index (κ1) is 19.2. The Labute approximate surface area is 150 Å². The molecule has 0 aromatic heterocycles. The molecule has 1 fully saturated rings. The molecule has 1 aliphatic carbocycles. The van der Waals surface area contributed by atoms with Crippen molar-refractivity contribution in [3.8, 4) is 11.5 Å². The van der Waals surface area contributed by atoms with E-state index in [0.29, 0.717) is 11.2 Å². The zero-order valence-electron chi connectivity index (χ0n) is 13.8. The Balaban J connectivity index is 1.93. The number of halogens is 2. The summed E-state index contributed by atoms with van der Waals surface area (Å²) in [5, 5.41) is 3.46. The normalized spacial score (nSPS) is 14.2. The first-order chi connectivity index (χ1) is 12.0. The summed E-state index contributed by atoms with van der Waals surface area (Å²) in [5.74, 6) is -0.526. The summed E-state index contributed by atoms with van der Waals surface area (Å²) in [4.78, 5) is 12.2. The molecule has 1 amide bonds. The van der Waals surface area contributed by atoms with Gasteiger partial charge >= 0.3 is 6.61 Å². The number of carbonyl (C=O) groups excluding carboxylic acids is 1.